The normalized spacial score (nSPS) is 24.9. The molecule has 1 aliphatic heterocycles. The Labute approximate surface area is 96.3 Å². The lowest BCUT2D eigenvalue weighted by atomic mass is 10.4. The molecule has 7 heteroatoms. The molecule has 0 aliphatic carbocycles. The molecular formula is C9H23N5O2. The van der Waals surface area contributed by atoms with Crippen LogP contribution in [0.2, 0.25) is 0 Å². The number of nitrogens with zero attached hydrogens (tertiary/aromatic N) is 3. The lowest BCUT2D eigenvalue weighted by Gasteiger charge is -2.25. The molecule has 16 heavy (non-hydrogen) atoms. The Bertz CT molecular complexity index is 183. The topological polar surface area (TPSA) is 88.2 Å². The molecule has 1 rings (SSSR count). The highest BCUT2D eigenvalue weighted by Crippen LogP contribution is 1.91. The van der Waals surface area contributed by atoms with Gasteiger partial charge < -0.3 is 21.5 Å². The Morgan fingerprint density at radius 1 is 0.875 bits per heavy atom. The Hall–Kier alpha value is -0.280. The summed E-state index contributed by atoms with van der Waals surface area (Å²) < 4.78 is 0. The second kappa shape index (κ2) is 7.91. The molecule has 0 atom stereocenters. The van der Waals surface area contributed by atoms with Gasteiger partial charge in [-0.2, -0.15) is 10.1 Å². The number of hydroxylamine groups is 4. The van der Waals surface area contributed by atoms with Crippen molar-refractivity contribution in [1.29, 1.82) is 0 Å². The van der Waals surface area contributed by atoms with Crippen molar-refractivity contribution in [2.45, 2.75) is 0 Å². The molecule has 0 aromatic rings. The summed E-state index contributed by atoms with van der Waals surface area (Å²) in [6.07, 6.45) is 0. The summed E-state index contributed by atoms with van der Waals surface area (Å²) >= 11 is 0. The minimum Gasteiger partial charge on any atom is -0.318 e. The molecule has 0 saturated carbocycles. The van der Waals surface area contributed by atoms with Crippen molar-refractivity contribution >= 4 is 0 Å². The van der Waals surface area contributed by atoms with Gasteiger partial charge in [-0.15, -0.1) is 0 Å². The molecule has 0 amide bonds. The smallest absolute Gasteiger partial charge is 0.0456 e. The van der Waals surface area contributed by atoms with Crippen molar-refractivity contribution in [2.24, 2.45) is 5.73 Å². The molecule has 5 N–H and O–H groups in total. The second-order valence-corrected chi connectivity index (χ2v) is 3.96. The lowest BCUT2D eigenvalue weighted by Crippen LogP contribution is -2.44. The Morgan fingerprint density at radius 3 is 2.12 bits per heavy atom. The molecule has 0 spiro atoms. The van der Waals surface area contributed by atoms with Gasteiger partial charge in [-0.3, -0.25) is 4.90 Å². The zero-order valence-electron chi connectivity index (χ0n) is 9.68. The summed E-state index contributed by atoms with van der Waals surface area (Å²) in [5.41, 5.74) is 5.60. The fourth-order valence-corrected chi connectivity index (χ4v) is 1.58. The molecule has 0 aromatic heterocycles. The van der Waals surface area contributed by atoms with E-state index in [0.29, 0.717) is 32.8 Å². The van der Waals surface area contributed by atoms with Crippen LogP contribution < -0.4 is 11.1 Å². The Morgan fingerprint density at radius 2 is 1.44 bits per heavy atom. The molecule has 0 bridgehead atoms. The van der Waals surface area contributed by atoms with Crippen molar-refractivity contribution in [3.05, 3.63) is 0 Å². The molecule has 7 nitrogen and oxygen atoms in total. The van der Waals surface area contributed by atoms with E-state index in [-0.39, 0.29) is 0 Å². The molecule has 1 aliphatic rings. The summed E-state index contributed by atoms with van der Waals surface area (Å²) in [6, 6.07) is 0. The van der Waals surface area contributed by atoms with Crippen LogP contribution in [0.15, 0.2) is 0 Å². The van der Waals surface area contributed by atoms with Gasteiger partial charge in [-0.25, -0.2) is 0 Å². The SMILES string of the molecule is NCN1CCNCCN(O)CCN(O)CC1. The largest absolute Gasteiger partial charge is 0.318 e. The van der Waals surface area contributed by atoms with Gasteiger partial charge in [-0.1, -0.05) is 0 Å². The molecule has 96 valence electrons. The fraction of sp³-hybridized carbons (Fsp3) is 1.00. The van der Waals surface area contributed by atoms with Gasteiger partial charge in [0, 0.05) is 59.0 Å². The fourth-order valence-electron chi connectivity index (χ4n) is 1.58. The minimum absolute atomic E-state index is 0.439. The first-order valence-corrected chi connectivity index (χ1v) is 5.73. The van der Waals surface area contributed by atoms with Gasteiger partial charge in [0.1, 0.15) is 0 Å². The molecule has 1 saturated heterocycles. The third-order valence-corrected chi connectivity index (χ3v) is 2.70. The molecule has 0 aromatic carbocycles. The standard InChI is InChI=1S/C9H23N5O2/c10-9-12-3-1-11-2-4-13(15)7-8-14(16)6-5-12/h11,15-16H,1-10H2. The van der Waals surface area contributed by atoms with Gasteiger partial charge >= 0.3 is 0 Å². The average Bonchev–Trinajstić information content (AvgIpc) is 2.28. The van der Waals surface area contributed by atoms with Crippen molar-refractivity contribution in [3.8, 4) is 0 Å². The van der Waals surface area contributed by atoms with E-state index in [2.05, 4.69) is 10.2 Å². The van der Waals surface area contributed by atoms with Crippen molar-refractivity contribution in [1.82, 2.24) is 20.3 Å². The van der Waals surface area contributed by atoms with E-state index in [1.54, 1.807) is 0 Å². The van der Waals surface area contributed by atoms with Gasteiger partial charge in [-0.05, 0) is 0 Å². The average molecular weight is 233 g/mol. The number of hydrogen-bond donors (Lipinski definition) is 4. The number of rotatable bonds is 1. The zero-order valence-corrected chi connectivity index (χ0v) is 9.68. The van der Waals surface area contributed by atoms with Crippen LogP contribution in [0.5, 0.6) is 0 Å². The van der Waals surface area contributed by atoms with Crippen LogP contribution in [0.3, 0.4) is 0 Å². The van der Waals surface area contributed by atoms with E-state index in [1.807, 2.05) is 0 Å². The number of nitrogens with one attached hydrogen (secondary N) is 1. The van der Waals surface area contributed by atoms with Gasteiger partial charge in [0.15, 0.2) is 0 Å². The van der Waals surface area contributed by atoms with E-state index in [1.165, 1.54) is 10.1 Å². The third-order valence-electron chi connectivity index (χ3n) is 2.70. The Balaban J connectivity index is 2.34. The minimum atomic E-state index is 0.439. The van der Waals surface area contributed by atoms with Crippen LogP contribution in [-0.4, -0.2) is 84.5 Å². The zero-order chi connectivity index (χ0) is 11.8. The maximum Gasteiger partial charge on any atom is 0.0456 e. The number of hydrogen-bond acceptors (Lipinski definition) is 7. The Kier molecular flexibility index (Phi) is 6.81. The highest BCUT2D eigenvalue weighted by atomic mass is 16.5. The summed E-state index contributed by atoms with van der Waals surface area (Å²) in [5.74, 6) is 0. The third kappa shape index (κ3) is 5.71. The molecule has 1 heterocycles. The second-order valence-electron chi connectivity index (χ2n) is 3.96. The van der Waals surface area contributed by atoms with Crippen LogP contribution in [0, 0.1) is 0 Å². The molecule has 1 fully saturated rings. The van der Waals surface area contributed by atoms with Crippen LogP contribution in [0.25, 0.3) is 0 Å². The van der Waals surface area contributed by atoms with Gasteiger partial charge in [0.05, 0.1) is 0 Å². The van der Waals surface area contributed by atoms with E-state index in [4.69, 9.17) is 5.73 Å². The van der Waals surface area contributed by atoms with Gasteiger partial charge in [0.25, 0.3) is 0 Å². The first-order chi connectivity index (χ1) is 7.72. The van der Waals surface area contributed by atoms with E-state index >= 15 is 0 Å². The lowest BCUT2D eigenvalue weighted by molar-refractivity contribution is -0.139. The van der Waals surface area contributed by atoms with E-state index < -0.39 is 0 Å². The summed E-state index contributed by atoms with van der Waals surface area (Å²) in [5, 5.41) is 24.6. The van der Waals surface area contributed by atoms with Crippen LogP contribution >= 0.6 is 0 Å². The quantitative estimate of drug-likeness (QED) is 0.424. The molecule has 0 unspecified atom stereocenters. The molecule has 0 radical (unpaired) electrons. The highest BCUT2D eigenvalue weighted by Gasteiger charge is 2.09. The maximum atomic E-state index is 9.54. The summed E-state index contributed by atoms with van der Waals surface area (Å²) in [7, 11) is 0. The first kappa shape index (κ1) is 13.8. The van der Waals surface area contributed by atoms with E-state index in [9.17, 15) is 10.4 Å². The van der Waals surface area contributed by atoms with Crippen LogP contribution in [0.4, 0.5) is 0 Å². The van der Waals surface area contributed by atoms with Crippen LogP contribution in [0.1, 0.15) is 0 Å². The summed E-state index contributed by atoms with van der Waals surface area (Å²) in [4.78, 5) is 2.08. The first-order valence-electron chi connectivity index (χ1n) is 5.73. The monoisotopic (exact) mass is 233 g/mol. The summed E-state index contributed by atoms with van der Waals surface area (Å²) in [6.45, 7) is 5.67. The predicted molar refractivity (Wildman–Crippen MR) is 60.2 cm³/mol. The van der Waals surface area contributed by atoms with Crippen molar-refractivity contribution in [3.63, 3.8) is 0 Å². The molecular weight excluding hydrogens is 210 g/mol. The highest BCUT2D eigenvalue weighted by molar-refractivity contribution is 4.62. The van der Waals surface area contributed by atoms with Gasteiger partial charge in [0.2, 0.25) is 0 Å². The van der Waals surface area contributed by atoms with Crippen molar-refractivity contribution < 1.29 is 10.4 Å². The number of nitrogens with two attached hydrogens (primary N) is 1. The van der Waals surface area contributed by atoms with E-state index in [0.717, 1.165) is 26.2 Å². The van der Waals surface area contributed by atoms with Crippen molar-refractivity contribution in [2.75, 3.05) is 59.0 Å². The predicted octanol–water partition coefficient (Wildman–Crippen LogP) is -1.81. The van der Waals surface area contributed by atoms with Crippen LogP contribution in [-0.2, 0) is 0 Å². The maximum absolute atomic E-state index is 9.54.